The van der Waals surface area contributed by atoms with Crippen LogP contribution in [0.15, 0.2) is 48.7 Å². The normalized spacial score (nSPS) is 11.8. The maximum atomic E-state index is 5.77. The van der Waals surface area contributed by atoms with Gasteiger partial charge in [-0.1, -0.05) is 36.9 Å². The molecule has 1 rings (SSSR count). The third-order valence-corrected chi connectivity index (χ3v) is 1.94. The van der Waals surface area contributed by atoms with Gasteiger partial charge in [-0.05, 0) is 24.5 Å². The topological polar surface area (TPSA) is 26.0 Å². The van der Waals surface area contributed by atoms with Gasteiger partial charge in [0.1, 0.15) is 0 Å². The fourth-order valence-electron chi connectivity index (χ4n) is 1.21. The van der Waals surface area contributed by atoms with E-state index in [-0.39, 0.29) is 6.04 Å². The van der Waals surface area contributed by atoms with Crippen LogP contribution in [0.2, 0.25) is 0 Å². The van der Waals surface area contributed by atoms with Crippen LogP contribution in [0, 0.1) is 0 Å². The molecule has 1 atom stereocenters. The lowest BCUT2D eigenvalue weighted by Gasteiger charge is -2.04. The molecule has 2 N–H and O–H groups in total. The number of hydrogen-bond acceptors (Lipinski definition) is 1. The fraction of sp³-hybridized carbons (Fsp3) is 0.250. The molecular weight excluding hydrogens is 158 g/mol. The first-order valence-corrected chi connectivity index (χ1v) is 4.48. The van der Waals surface area contributed by atoms with E-state index >= 15 is 0 Å². The molecule has 0 fully saturated rings. The minimum atomic E-state index is 0.0812. The SMILES string of the molecule is C=C=C[C@H](N)CCc1ccccc1. The van der Waals surface area contributed by atoms with Crippen LogP contribution in [0.5, 0.6) is 0 Å². The van der Waals surface area contributed by atoms with Gasteiger partial charge in [-0.2, -0.15) is 0 Å². The van der Waals surface area contributed by atoms with Crippen LogP contribution >= 0.6 is 0 Å². The summed E-state index contributed by atoms with van der Waals surface area (Å²) in [6.45, 7) is 3.50. The minimum absolute atomic E-state index is 0.0812. The van der Waals surface area contributed by atoms with Crippen molar-refractivity contribution in [2.24, 2.45) is 5.73 Å². The van der Waals surface area contributed by atoms with Crippen molar-refractivity contribution in [1.82, 2.24) is 0 Å². The molecule has 0 saturated heterocycles. The Balaban J connectivity index is 2.39. The lowest BCUT2D eigenvalue weighted by atomic mass is 10.1. The number of nitrogens with two attached hydrogens (primary N) is 1. The maximum absolute atomic E-state index is 5.77. The zero-order valence-corrected chi connectivity index (χ0v) is 7.74. The second kappa shape index (κ2) is 5.36. The van der Waals surface area contributed by atoms with Gasteiger partial charge in [0.2, 0.25) is 0 Å². The smallest absolute Gasteiger partial charge is 0.0302 e. The van der Waals surface area contributed by atoms with Crippen LogP contribution in [-0.2, 0) is 6.42 Å². The molecule has 0 unspecified atom stereocenters. The molecule has 1 aromatic carbocycles. The van der Waals surface area contributed by atoms with Crippen LogP contribution in [0.25, 0.3) is 0 Å². The van der Waals surface area contributed by atoms with E-state index in [9.17, 15) is 0 Å². The van der Waals surface area contributed by atoms with Crippen molar-refractivity contribution in [3.63, 3.8) is 0 Å². The van der Waals surface area contributed by atoms with E-state index in [0.29, 0.717) is 0 Å². The highest BCUT2D eigenvalue weighted by Crippen LogP contribution is 2.03. The summed E-state index contributed by atoms with van der Waals surface area (Å²) in [6.07, 6.45) is 3.77. The fourth-order valence-corrected chi connectivity index (χ4v) is 1.21. The Morgan fingerprint density at radius 3 is 2.69 bits per heavy atom. The van der Waals surface area contributed by atoms with Crippen molar-refractivity contribution in [3.8, 4) is 0 Å². The van der Waals surface area contributed by atoms with Crippen molar-refractivity contribution >= 4 is 0 Å². The third-order valence-electron chi connectivity index (χ3n) is 1.94. The first kappa shape index (κ1) is 9.79. The molecule has 0 heterocycles. The van der Waals surface area contributed by atoms with Crippen LogP contribution in [0.4, 0.5) is 0 Å². The molecule has 0 amide bonds. The van der Waals surface area contributed by atoms with E-state index in [1.165, 1.54) is 5.56 Å². The van der Waals surface area contributed by atoms with Gasteiger partial charge in [-0.15, -0.1) is 5.73 Å². The Kier molecular flexibility index (Phi) is 4.04. The first-order chi connectivity index (χ1) is 6.33. The van der Waals surface area contributed by atoms with Gasteiger partial charge in [0, 0.05) is 6.04 Å². The zero-order chi connectivity index (χ0) is 9.52. The van der Waals surface area contributed by atoms with Gasteiger partial charge in [-0.3, -0.25) is 0 Å². The summed E-state index contributed by atoms with van der Waals surface area (Å²) >= 11 is 0. The Morgan fingerprint density at radius 1 is 1.38 bits per heavy atom. The first-order valence-electron chi connectivity index (χ1n) is 4.48. The molecule has 1 heteroatoms. The molecule has 0 spiro atoms. The molecule has 0 aliphatic heterocycles. The van der Waals surface area contributed by atoms with E-state index in [4.69, 9.17) is 5.73 Å². The molecule has 0 aromatic heterocycles. The van der Waals surface area contributed by atoms with Crippen molar-refractivity contribution in [2.45, 2.75) is 18.9 Å². The van der Waals surface area contributed by atoms with E-state index in [1.807, 2.05) is 24.3 Å². The molecule has 0 radical (unpaired) electrons. The average Bonchev–Trinajstić information content (AvgIpc) is 2.17. The van der Waals surface area contributed by atoms with Crippen LogP contribution in [-0.4, -0.2) is 6.04 Å². The van der Waals surface area contributed by atoms with Gasteiger partial charge in [0.05, 0.1) is 0 Å². The molecule has 1 aromatic rings. The Labute approximate surface area is 79.6 Å². The van der Waals surface area contributed by atoms with Gasteiger partial charge in [-0.25, -0.2) is 0 Å². The highest BCUT2D eigenvalue weighted by molar-refractivity contribution is 5.15. The van der Waals surface area contributed by atoms with E-state index in [1.54, 1.807) is 0 Å². The highest BCUT2D eigenvalue weighted by atomic mass is 14.6. The van der Waals surface area contributed by atoms with Crippen molar-refractivity contribution < 1.29 is 0 Å². The van der Waals surface area contributed by atoms with Crippen LogP contribution < -0.4 is 5.73 Å². The molecule has 0 aliphatic rings. The number of benzene rings is 1. The highest BCUT2D eigenvalue weighted by Gasteiger charge is 1.97. The molecule has 68 valence electrons. The van der Waals surface area contributed by atoms with E-state index in [0.717, 1.165) is 12.8 Å². The monoisotopic (exact) mass is 173 g/mol. The van der Waals surface area contributed by atoms with E-state index < -0.39 is 0 Å². The van der Waals surface area contributed by atoms with Gasteiger partial charge >= 0.3 is 0 Å². The van der Waals surface area contributed by atoms with Crippen molar-refractivity contribution in [3.05, 3.63) is 54.3 Å². The van der Waals surface area contributed by atoms with Crippen molar-refractivity contribution in [1.29, 1.82) is 0 Å². The van der Waals surface area contributed by atoms with Crippen LogP contribution in [0.3, 0.4) is 0 Å². The second-order valence-corrected chi connectivity index (χ2v) is 3.06. The summed E-state index contributed by atoms with van der Waals surface area (Å²) in [5.41, 5.74) is 9.81. The van der Waals surface area contributed by atoms with Gasteiger partial charge in [0.15, 0.2) is 0 Å². The van der Waals surface area contributed by atoms with Crippen LogP contribution in [0.1, 0.15) is 12.0 Å². The summed E-state index contributed by atoms with van der Waals surface area (Å²) in [6, 6.07) is 10.4. The minimum Gasteiger partial charge on any atom is -0.324 e. The Bertz CT molecular complexity index is 283. The average molecular weight is 173 g/mol. The third kappa shape index (κ3) is 3.75. The Morgan fingerprint density at radius 2 is 2.08 bits per heavy atom. The molecule has 0 aliphatic carbocycles. The largest absolute Gasteiger partial charge is 0.324 e. The summed E-state index contributed by atoms with van der Waals surface area (Å²) in [5, 5.41) is 0. The quantitative estimate of drug-likeness (QED) is 0.694. The predicted molar refractivity (Wildman–Crippen MR) is 56.4 cm³/mol. The lowest BCUT2D eigenvalue weighted by molar-refractivity contribution is 0.721. The maximum Gasteiger partial charge on any atom is 0.0302 e. The van der Waals surface area contributed by atoms with Crippen molar-refractivity contribution in [2.75, 3.05) is 0 Å². The number of hydrogen-bond donors (Lipinski definition) is 1. The summed E-state index contributed by atoms with van der Waals surface area (Å²) < 4.78 is 0. The molecule has 0 bridgehead atoms. The number of aryl methyl sites for hydroxylation is 1. The summed E-state index contributed by atoms with van der Waals surface area (Å²) in [5.74, 6) is 0. The van der Waals surface area contributed by atoms with Gasteiger partial charge in [0.25, 0.3) is 0 Å². The molecular formula is C12H15N. The van der Waals surface area contributed by atoms with Gasteiger partial charge < -0.3 is 5.73 Å². The zero-order valence-electron chi connectivity index (χ0n) is 7.74. The summed E-state index contributed by atoms with van der Waals surface area (Å²) in [7, 11) is 0. The standard InChI is InChI=1S/C12H15N/c1-2-6-12(13)10-9-11-7-4-3-5-8-11/h3-8,12H,1,9-10,13H2/t12-/m0/s1. The van der Waals surface area contributed by atoms with E-state index in [2.05, 4.69) is 24.4 Å². The lowest BCUT2D eigenvalue weighted by Crippen LogP contribution is -2.17. The molecule has 13 heavy (non-hydrogen) atoms. The molecule has 1 nitrogen and oxygen atoms in total. The Hall–Kier alpha value is -1.30. The summed E-state index contributed by atoms with van der Waals surface area (Å²) in [4.78, 5) is 0. The second-order valence-electron chi connectivity index (χ2n) is 3.06. The number of rotatable bonds is 4. The predicted octanol–water partition coefficient (Wildman–Crippen LogP) is 2.29. The molecule has 0 saturated carbocycles.